The zero-order valence-corrected chi connectivity index (χ0v) is 17.1. The van der Waals surface area contributed by atoms with Crippen LogP contribution in [0, 0.1) is 11.6 Å². The molecule has 162 valence electrons. The molecule has 3 rings (SSSR count). The molecule has 1 N–H and O–H groups in total. The number of nitrogens with one attached hydrogen (secondary N) is 1. The summed E-state index contributed by atoms with van der Waals surface area (Å²) in [6, 6.07) is 6.76. The van der Waals surface area contributed by atoms with Crippen molar-refractivity contribution in [3.63, 3.8) is 0 Å². The third-order valence-corrected chi connectivity index (χ3v) is 4.76. The molecule has 1 unspecified atom stereocenters. The lowest BCUT2D eigenvalue weighted by atomic mass is 9.93. The molecule has 0 fully saturated rings. The van der Waals surface area contributed by atoms with E-state index in [2.05, 4.69) is 5.32 Å². The van der Waals surface area contributed by atoms with E-state index >= 15 is 0 Å². The maximum atomic E-state index is 14.0. The zero-order valence-electron chi connectivity index (χ0n) is 17.1. The van der Waals surface area contributed by atoms with Crippen LogP contribution in [0.15, 0.2) is 53.7 Å². The van der Waals surface area contributed by atoms with Crippen LogP contribution in [0.4, 0.5) is 13.6 Å². The molecule has 0 bridgehead atoms. The van der Waals surface area contributed by atoms with Gasteiger partial charge in [0.1, 0.15) is 11.8 Å². The lowest BCUT2D eigenvalue weighted by Gasteiger charge is -2.36. The van der Waals surface area contributed by atoms with Crippen LogP contribution in [-0.2, 0) is 9.53 Å². The summed E-state index contributed by atoms with van der Waals surface area (Å²) in [5.41, 5.74) is 0.260. The molecule has 1 atom stereocenters. The van der Waals surface area contributed by atoms with Gasteiger partial charge in [0.15, 0.2) is 11.6 Å². The Balaban J connectivity index is 2.16. The van der Waals surface area contributed by atoms with Gasteiger partial charge in [-0.15, -0.1) is 0 Å². The van der Waals surface area contributed by atoms with E-state index in [0.717, 1.165) is 17.0 Å². The Morgan fingerprint density at radius 3 is 2.35 bits per heavy atom. The van der Waals surface area contributed by atoms with Gasteiger partial charge in [-0.3, -0.25) is 4.79 Å². The van der Waals surface area contributed by atoms with Crippen LogP contribution in [0.25, 0.3) is 0 Å². The Labute approximate surface area is 177 Å². The van der Waals surface area contributed by atoms with E-state index in [4.69, 9.17) is 9.47 Å². The Kier molecular flexibility index (Phi) is 6.33. The van der Waals surface area contributed by atoms with Crippen LogP contribution >= 0.6 is 0 Å². The number of benzene rings is 2. The third-order valence-electron chi connectivity index (χ3n) is 4.76. The number of ether oxygens (including phenoxy) is 2. The van der Waals surface area contributed by atoms with Crippen LogP contribution in [0.3, 0.4) is 0 Å². The first-order valence-corrected chi connectivity index (χ1v) is 9.39. The minimum Gasteiger partial charge on any atom is -0.497 e. The first-order chi connectivity index (χ1) is 14.8. The number of urea groups is 1. The minimum absolute atomic E-state index is 0.0398. The number of amides is 3. The van der Waals surface area contributed by atoms with Crippen molar-refractivity contribution in [1.29, 1.82) is 0 Å². The lowest BCUT2D eigenvalue weighted by Crippen LogP contribution is -2.51. The van der Waals surface area contributed by atoms with Crippen LogP contribution in [0.5, 0.6) is 5.75 Å². The quantitative estimate of drug-likeness (QED) is 0.731. The molecule has 0 saturated carbocycles. The molecule has 1 aliphatic heterocycles. The molecule has 3 amide bonds. The largest absolute Gasteiger partial charge is 0.497 e. The molecule has 0 saturated heterocycles. The number of nitrogens with zero attached hydrogens (tertiary/aromatic N) is 1. The fourth-order valence-electron chi connectivity index (χ4n) is 3.29. The maximum absolute atomic E-state index is 14.0. The number of methoxy groups -OCH3 is 1. The Bertz CT molecular complexity index is 1070. The standard InChI is InChI=1S/C22H20F2N2O5/c1-4-31-21(28)18-12(2)25-22(29)26(19(18)14-7-10-16(23)17(24)11-14)20(27)13-5-8-15(30-3)9-6-13/h5-11,19H,4H2,1-3H3,(H,25,29). The number of carbonyl (C=O) groups excluding carboxylic acids is 3. The van der Waals surface area contributed by atoms with Crippen molar-refractivity contribution in [2.45, 2.75) is 19.9 Å². The number of rotatable bonds is 5. The first kappa shape index (κ1) is 21.9. The molecule has 0 radical (unpaired) electrons. The molecule has 9 heteroatoms. The summed E-state index contributed by atoms with van der Waals surface area (Å²) in [6.45, 7) is 3.11. The van der Waals surface area contributed by atoms with Crippen molar-refractivity contribution in [1.82, 2.24) is 10.2 Å². The maximum Gasteiger partial charge on any atom is 0.338 e. The second-order valence-electron chi connectivity index (χ2n) is 6.67. The summed E-state index contributed by atoms with van der Waals surface area (Å²) < 4.78 is 37.7. The van der Waals surface area contributed by atoms with Gasteiger partial charge in [0.2, 0.25) is 0 Å². The van der Waals surface area contributed by atoms with Crippen molar-refractivity contribution in [2.75, 3.05) is 13.7 Å². The number of esters is 1. The Hall–Kier alpha value is -3.75. The predicted molar refractivity (Wildman–Crippen MR) is 106 cm³/mol. The number of allylic oxidation sites excluding steroid dienone is 1. The van der Waals surface area contributed by atoms with Crippen LogP contribution < -0.4 is 10.1 Å². The highest BCUT2D eigenvalue weighted by molar-refractivity contribution is 6.08. The van der Waals surface area contributed by atoms with Crippen LogP contribution in [0.1, 0.15) is 35.8 Å². The summed E-state index contributed by atoms with van der Waals surface area (Å²) in [6.07, 6.45) is 0. The summed E-state index contributed by atoms with van der Waals surface area (Å²) >= 11 is 0. The SMILES string of the molecule is CCOC(=O)C1=C(C)NC(=O)N(C(=O)c2ccc(OC)cc2)C1c1ccc(F)c(F)c1. The normalized spacial score (nSPS) is 16.1. The highest BCUT2D eigenvalue weighted by atomic mass is 19.2. The highest BCUT2D eigenvalue weighted by Crippen LogP contribution is 2.36. The van der Waals surface area contributed by atoms with Crippen molar-refractivity contribution in [3.8, 4) is 5.75 Å². The Morgan fingerprint density at radius 1 is 1.10 bits per heavy atom. The second-order valence-corrected chi connectivity index (χ2v) is 6.67. The van der Waals surface area contributed by atoms with Gasteiger partial charge in [0.05, 0.1) is 19.3 Å². The van der Waals surface area contributed by atoms with E-state index in [1.165, 1.54) is 44.4 Å². The average Bonchev–Trinajstić information content (AvgIpc) is 2.75. The van der Waals surface area contributed by atoms with Crippen molar-refractivity contribution >= 4 is 17.9 Å². The molecule has 1 aliphatic rings. The molecular weight excluding hydrogens is 410 g/mol. The molecule has 1 heterocycles. The minimum atomic E-state index is -1.32. The van der Waals surface area contributed by atoms with Gasteiger partial charge in [-0.2, -0.15) is 0 Å². The van der Waals surface area contributed by atoms with Gasteiger partial charge in [-0.1, -0.05) is 6.07 Å². The lowest BCUT2D eigenvalue weighted by molar-refractivity contribution is -0.139. The van der Waals surface area contributed by atoms with Gasteiger partial charge < -0.3 is 14.8 Å². The third kappa shape index (κ3) is 4.25. The monoisotopic (exact) mass is 430 g/mol. The second kappa shape index (κ2) is 8.95. The molecule has 0 spiro atoms. The fraction of sp³-hybridized carbons (Fsp3) is 0.227. The number of halogens is 2. The van der Waals surface area contributed by atoms with Crippen LogP contribution in [0.2, 0.25) is 0 Å². The van der Waals surface area contributed by atoms with E-state index in [-0.39, 0.29) is 29.0 Å². The van der Waals surface area contributed by atoms with Crippen molar-refractivity contribution in [3.05, 3.63) is 76.5 Å². The molecule has 0 aliphatic carbocycles. The van der Waals surface area contributed by atoms with Crippen molar-refractivity contribution in [2.24, 2.45) is 0 Å². The van der Waals surface area contributed by atoms with Crippen LogP contribution in [-0.4, -0.2) is 36.5 Å². The molecular formula is C22H20F2N2O5. The van der Waals surface area contributed by atoms with E-state index in [9.17, 15) is 23.2 Å². The average molecular weight is 430 g/mol. The first-order valence-electron chi connectivity index (χ1n) is 9.39. The van der Waals surface area contributed by atoms with E-state index in [1.54, 1.807) is 6.92 Å². The van der Waals surface area contributed by atoms with Gasteiger partial charge in [-0.05, 0) is 55.8 Å². The number of imide groups is 1. The molecule has 2 aromatic carbocycles. The number of hydrogen-bond donors (Lipinski definition) is 1. The summed E-state index contributed by atoms with van der Waals surface area (Å²) in [5.74, 6) is -3.32. The van der Waals surface area contributed by atoms with Gasteiger partial charge in [0, 0.05) is 11.3 Å². The number of carbonyl (C=O) groups is 3. The van der Waals surface area contributed by atoms with Gasteiger partial charge in [0.25, 0.3) is 5.91 Å². The summed E-state index contributed by atoms with van der Waals surface area (Å²) in [7, 11) is 1.47. The summed E-state index contributed by atoms with van der Waals surface area (Å²) in [5, 5.41) is 2.47. The van der Waals surface area contributed by atoms with E-state index in [0.29, 0.717) is 5.75 Å². The topological polar surface area (TPSA) is 84.9 Å². The smallest absolute Gasteiger partial charge is 0.338 e. The molecule has 7 nitrogen and oxygen atoms in total. The molecule has 2 aromatic rings. The van der Waals surface area contributed by atoms with Gasteiger partial charge in [-0.25, -0.2) is 23.3 Å². The molecule has 31 heavy (non-hydrogen) atoms. The molecule has 0 aromatic heterocycles. The predicted octanol–water partition coefficient (Wildman–Crippen LogP) is 3.72. The summed E-state index contributed by atoms with van der Waals surface area (Å²) in [4.78, 5) is 39.5. The van der Waals surface area contributed by atoms with E-state index in [1.807, 2.05) is 0 Å². The highest BCUT2D eigenvalue weighted by Gasteiger charge is 2.42. The Morgan fingerprint density at radius 2 is 1.77 bits per heavy atom. The van der Waals surface area contributed by atoms with Gasteiger partial charge >= 0.3 is 12.0 Å². The number of hydrogen-bond acceptors (Lipinski definition) is 5. The van der Waals surface area contributed by atoms with E-state index < -0.39 is 35.6 Å². The zero-order chi connectivity index (χ0) is 22.7. The van der Waals surface area contributed by atoms with Crippen molar-refractivity contribution < 1.29 is 32.6 Å². The fourth-order valence-corrected chi connectivity index (χ4v) is 3.29.